The van der Waals surface area contributed by atoms with Crippen LogP contribution in [-0.4, -0.2) is 78.6 Å². The summed E-state index contributed by atoms with van der Waals surface area (Å²) in [5, 5.41) is 15.0. The Morgan fingerprint density at radius 3 is 2.54 bits per heavy atom. The number of hydrogen-bond donors (Lipinski definition) is 1. The highest BCUT2D eigenvalue weighted by molar-refractivity contribution is 7.89. The van der Waals surface area contributed by atoms with Crippen LogP contribution in [-0.2, 0) is 21.2 Å². The zero-order valence-corrected chi connectivity index (χ0v) is 21.1. The summed E-state index contributed by atoms with van der Waals surface area (Å²) in [5.74, 6) is 0.415. The maximum atomic E-state index is 13.6. The first-order valence-corrected chi connectivity index (χ1v) is 13.8. The zero-order valence-electron chi connectivity index (χ0n) is 20.3. The van der Waals surface area contributed by atoms with Crippen molar-refractivity contribution in [3.63, 3.8) is 0 Å². The van der Waals surface area contributed by atoms with Crippen LogP contribution in [0.25, 0.3) is 11.8 Å². The van der Waals surface area contributed by atoms with E-state index in [4.69, 9.17) is 4.74 Å². The zero-order chi connectivity index (χ0) is 25.6. The largest absolute Gasteiger partial charge is 0.395 e. The minimum atomic E-state index is -3.79. The van der Waals surface area contributed by atoms with Crippen molar-refractivity contribution in [1.29, 1.82) is 0 Å². The van der Waals surface area contributed by atoms with Gasteiger partial charge < -0.3 is 14.7 Å². The normalized spacial score (nSPS) is 22.3. The molecule has 194 valence electrons. The van der Waals surface area contributed by atoms with Gasteiger partial charge in [0, 0.05) is 37.8 Å². The summed E-state index contributed by atoms with van der Waals surface area (Å²) in [6, 6.07) is 9.47. The van der Waals surface area contributed by atoms with Crippen LogP contribution in [0.3, 0.4) is 0 Å². The van der Waals surface area contributed by atoms with Gasteiger partial charge in [-0.25, -0.2) is 22.5 Å². The number of anilines is 1. The molecule has 0 saturated carbocycles. The molecule has 6 rings (SSSR count). The second-order valence-corrected chi connectivity index (χ2v) is 11.7. The van der Waals surface area contributed by atoms with E-state index in [-0.39, 0.29) is 23.9 Å². The molecule has 4 heterocycles. The molecule has 2 fully saturated rings. The molecular weight excluding hydrogens is 497 g/mol. The molecule has 2 aromatic heterocycles. The highest BCUT2D eigenvalue weighted by Crippen LogP contribution is 2.45. The summed E-state index contributed by atoms with van der Waals surface area (Å²) in [5.41, 5.74) is 2.81. The van der Waals surface area contributed by atoms with Gasteiger partial charge in [-0.2, -0.15) is 9.40 Å². The average Bonchev–Trinajstić information content (AvgIpc) is 3.34. The van der Waals surface area contributed by atoms with Crippen molar-refractivity contribution in [2.24, 2.45) is 5.41 Å². The van der Waals surface area contributed by atoms with Gasteiger partial charge in [0.1, 0.15) is 16.5 Å². The lowest BCUT2D eigenvalue weighted by molar-refractivity contribution is 0.111. The number of aliphatic hydroxyl groups is 1. The second kappa shape index (κ2) is 9.32. The van der Waals surface area contributed by atoms with Crippen molar-refractivity contribution in [1.82, 2.24) is 19.1 Å². The van der Waals surface area contributed by atoms with Crippen molar-refractivity contribution in [3.8, 4) is 5.69 Å². The predicted molar refractivity (Wildman–Crippen MR) is 135 cm³/mol. The Hall–Kier alpha value is -3.12. The Labute approximate surface area is 214 Å². The van der Waals surface area contributed by atoms with Crippen LogP contribution in [0.5, 0.6) is 0 Å². The molecule has 3 aromatic rings. The molecule has 1 aliphatic carbocycles. The van der Waals surface area contributed by atoms with Crippen molar-refractivity contribution in [3.05, 3.63) is 71.4 Å². The molecule has 0 spiro atoms. The van der Waals surface area contributed by atoms with Gasteiger partial charge in [-0.3, -0.25) is 0 Å². The topological polar surface area (TPSA) is 101 Å². The Balaban J connectivity index is 1.26. The Kier molecular flexibility index (Phi) is 6.10. The number of benzene rings is 1. The van der Waals surface area contributed by atoms with Gasteiger partial charge in [0.05, 0.1) is 37.4 Å². The smallest absolute Gasteiger partial charge is 0.244 e. The van der Waals surface area contributed by atoms with Crippen molar-refractivity contribution < 1.29 is 22.7 Å². The molecule has 0 radical (unpaired) electrons. The van der Waals surface area contributed by atoms with Crippen LogP contribution < -0.4 is 4.90 Å². The van der Waals surface area contributed by atoms with Crippen LogP contribution in [0.1, 0.15) is 17.7 Å². The number of nitrogens with zero attached hydrogens (tertiary/aromatic N) is 5. The van der Waals surface area contributed by atoms with Gasteiger partial charge in [-0.15, -0.1) is 0 Å². The third-order valence-electron chi connectivity index (χ3n) is 7.58. The maximum Gasteiger partial charge on any atom is 0.244 e. The van der Waals surface area contributed by atoms with E-state index in [1.165, 1.54) is 22.6 Å². The molecule has 1 unspecified atom stereocenters. The lowest BCUT2D eigenvalue weighted by Crippen LogP contribution is -2.51. The van der Waals surface area contributed by atoms with E-state index in [9.17, 15) is 17.9 Å². The Morgan fingerprint density at radius 2 is 1.84 bits per heavy atom. The molecule has 2 aliphatic heterocycles. The number of ether oxygens (including phenoxy) is 1. The lowest BCUT2D eigenvalue weighted by atomic mass is 9.69. The molecule has 1 atom stereocenters. The number of aromatic nitrogens is 3. The monoisotopic (exact) mass is 525 g/mol. The molecule has 3 aliphatic rings. The number of piperidine rings is 1. The summed E-state index contributed by atoms with van der Waals surface area (Å²) in [6.07, 6.45) is 6.13. The highest BCUT2D eigenvalue weighted by Gasteiger charge is 2.45. The van der Waals surface area contributed by atoms with Crippen molar-refractivity contribution >= 4 is 21.9 Å². The number of sulfonamides is 1. The predicted octanol–water partition coefficient (Wildman–Crippen LogP) is 2.26. The van der Waals surface area contributed by atoms with E-state index < -0.39 is 15.4 Å². The minimum absolute atomic E-state index is 0.144. The van der Waals surface area contributed by atoms with Crippen LogP contribution in [0, 0.1) is 11.2 Å². The van der Waals surface area contributed by atoms with Gasteiger partial charge in [0.25, 0.3) is 0 Å². The Bertz CT molecular complexity index is 1430. The van der Waals surface area contributed by atoms with Gasteiger partial charge >= 0.3 is 0 Å². The van der Waals surface area contributed by atoms with Gasteiger partial charge in [-0.05, 0) is 60.9 Å². The summed E-state index contributed by atoms with van der Waals surface area (Å²) < 4.78 is 49.2. The third kappa shape index (κ3) is 4.25. The van der Waals surface area contributed by atoms with Crippen molar-refractivity contribution in [2.75, 3.05) is 50.9 Å². The molecule has 1 N–H and O–H groups in total. The van der Waals surface area contributed by atoms with E-state index in [0.29, 0.717) is 32.6 Å². The van der Waals surface area contributed by atoms with Gasteiger partial charge in [0.15, 0.2) is 0 Å². The highest BCUT2D eigenvalue weighted by atomic mass is 32.2. The first-order chi connectivity index (χ1) is 17.9. The summed E-state index contributed by atoms with van der Waals surface area (Å²) >= 11 is 0. The van der Waals surface area contributed by atoms with Crippen LogP contribution >= 0.6 is 0 Å². The van der Waals surface area contributed by atoms with E-state index in [0.717, 1.165) is 41.4 Å². The number of hydrogen-bond acceptors (Lipinski definition) is 7. The maximum absolute atomic E-state index is 13.6. The summed E-state index contributed by atoms with van der Waals surface area (Å²) in [4.78, 5) is 6.64. The molecule has 37 heavy (non-hydrogen) atoms. The SMILES string of the molecule is O=S(=O)(c1ccc(N2CCOCC2)nc1)N1CCC2=Cc3c(cnn3-c3ccc(F)cc3)CC2(CO)C1. The lowest BCUT2D eigenvalue weighted by Gasteiger charge is -2.45. The van der Waals surface area contributed by atoms with Crippen LogP contribution in [0.15, 0.2) is 59.3 Å². The van der Waals surface area contributed by atoms with Gasteiger partial charge in [0.2, 0.25) is 10.0 Å². The first-order valence-electron chi connectivity index (χ1n) is 12.3. The van der Waals surface area contributed by atoms with E-state index in [1.807, 2.05) is 6.08 Å². The fourth-order valence-electron chi connectivity index (χ4n) is 5.49. The third-order valence-corrected chi connectivity index (χ3v) is 9.41. The molecule has 0 bridgehead atoms. The number of rotatable bonds is 5. The van der Waals surface area contributed by atoms with Crippen LogP contribution in [0.4, 0.5) is 10.2 Å². The Morgan fingerprint density at radius 1 is 1.05 bits per heavy atom. The fraction of sp³-hybridized carbons (Fsp3) is 0.385. The molecule has 1 aromatic carbocycles. The second-order valence-electron chi connectivity index (χ2n) is 9.77. The molecule has 2 saturated heterocycles. The van der Waals surface area contributed by atoms with E-state index >= 15 is 0 Å². The number of morpholine rings is 1. The molecule has 0 amide bonds. The standard InChI is InChI=1S/C26H28FN5O4S/c27-21-1-3-22(4-2-21)32-24-13-20-7-8-31(17-26(20,18-33)14-19(24)15-29-32)37(34,35)23-5-6-25(28-16-23)30-9-11-36-12-10-30/h1-6,13,15-16,33H,7-12,14,17-18H2. The van der Waals surface area contributed by atoms with Crippen molar-refractivity contribution in [2.45, 2.75) is 17.7 Å². The molecule has 11 heteroatoms. The number of aliphatic hydroxyl groups excluding tert-OH is 1. The number of fused-ring (bicyclic) bond motifs is 2. The minimum Gasteiger partial charge on any atom is -0.395 e. The van der Waals surface area contributed by atoms with E-state index in [1.54, 1.807) is 35.1 Å². The fourth-order valence-corrected chi connectivity index (χ4v) is 6.96. The van der Waals surface area contributed by atoms with Gasteiger partial charge in [-0.1, -0.05) is 5.57 Å². The molecular formula is C26H28FN5O4S. The number of pyridine rings is 1. The summed E-state index contributed by atoms with van der Waals surface area (Å²) in [6.45, 7) is 2.99. The van der Waals surface area contributed by atoms with E-state index in [2.05, 4.69) is 15.0 Å². The molecule has 9 nitrogen and oxygen atoms in total. The van der Waals surface area contributed by atoms with Crippen LogP contribution in [0.2, 0.25) is 0 Å². The number of halogens is 1. The first kappa shape index (κ1) is 24.2. The average molecular weight is 526 g/mol. The summed E-state index contributed by atoms with van der Waals surface area (Å²) in [7, 11) is -3.79. The quantitative estimate of drug-likeness (QED) is 0.545.